The fraction of sp³-hybridized carbons (Fsp3) is 0.615. The molecular weight excluding hydrogens is 252 g/mol. The summed E-state index contributed by atoms with van der Waals surface area (Å²) in [4.78, 5) is 5.67. The van der Waals surface area contributed by atoms with Gasteiger partial charge in [0.25, 0.3) is 0 Å². The number of halogens is 2. The molecule has 1 fully saturated rings. The van der Waals surface area contributed by atoms with Crippen LogP contribution in [0, 0.1) is 11.6 Å². The Morgan fingerprint density at radius 1 is 1.53 bits per heavy atom. The molecule has 106 valence electrons. The Hall–Kier alpha value is -1.27. The van der Waals surface area contributed by atoms with Gasteiger partial charge in [-0.15, -0.1) is 0 Å². The first-order valence-electron chi connectivity index (χ1n) is 6.49. The molecule has 1 aliphatic heterocycles. The number of nitrogens with one attached hydrogen (secondary N) is 1. The summed E-state index contributed by atoms with van der Waals surface area (Å²) in [7, 11) is 1.60. The van der Waals surface area contributed by atoms with Crippen LogP contribution in [-0.2, 0) is 4.74 Å². The van der Waals surface area contributed by atoms with Crippen molar-refractivity contribution < 1.29 is 13.5 Å². The zero-order chi connectivity index (χ0) is 13.7. The van der Waals surface area contributed by atoms with Gasteiger partial charge in [-0.3, -0.25) is 0 Å². The van der Waals surface area contributed by atoms with E-state index in [1.807, 2.05) is 0 Å². The van der Waals surface area contributed by atoms with Crippen molar-refractivity contribution in [3.05, 3.63) is 23.9 Å². The van der Waals surface area contributed by atoms with Gasteiger partial charge in [-0.2, -0.15) is 0 Å². The van der Waals surface area contributed by atoms with Crippen molar-refractivity contribution in [1.29, 1.82) is 0 Å². The summed E-state index contributed by atoms with van der Waals surface area (Å²) < 4.78 is 31.7. The number of rotatable bonds is 6. The Morgan fingerprint density at radius 3 is 3.00 bits per heavy atom. The van der Waals surface area contributed by atoms with E-state index < -0.39 is 11.6 Å². The Labute approximate surface area is 111 Å². The summed E-state index contributed by atoms with van der Waals surface area (Å²) in [5.74, 6) is -1.10. The predicted molar refractivity (Wildman–Crippen MR) is 69.3 cm³/mol. The van der Waals surface area contributed by atoms with E-state index >= 15 is 0 Å². The van der Waals surface area contributed by atoms with Crippen molar-refractivity contribution in [3.8, 4) is 0 Å². The van der Waals surface area contributed by atoms with E-state index in [0.29, 0.717) is 25.7 Å². The highest BCUT2D eigenvalue weighted by Gasteiger charge is 2.21. The molecule has 1 aliphatic rings. The largest absolute Gasteiger partial charge is 0.383 e. The van der Waals surface area contributed by atoms with Crippen molar-refractivity contribution in [2.45, 2.75) is 18.9 Å². The van der Waals surface area contributed by atoms with Gasteiger partial charge < -0.3 is 15.0 Å². The lowest BCUT2D eigenvalue weighted by Crippen LogP contribution is -2.40. The molecule has 1 N–H and O–H groups in total. The fourth-order valence-electron chi connectivity index (χ4n) is 2.30. The first-order chi connectivity index (χ1) is 9.20. The van der Waals surface area contributed by atoms with E-state index in [1.165, 1.54) is 0 Å². The summed E-state index contributed by atoms with van der Waals surface area (Å²) in [6.07, 6.45) is 3.23. The van der Waals surface area contributed by atoms with Crippen LogP contribution < -0.4 is 10.2 Å². The van der Waals surface area contributed by atoms with Gasteiger partial charge in [0.2, 0.25) is 0 Å². The number of anilines is 1. The maximum absolute atomic E-state index is 13.8. The molecule has 0 bridgehead atoms. The van der Waals surface area contributed by atoms with Gasteiger partial charge in [0, 0.05) is 32.3 Å². The molecule has 0 radical (unpaired) electrons. The van der Waals surface area contributed by atoms with E-state index in [1.54, 1.807) is 12.0 Å². The van der Waals surface area contributed by atoms with E-state index in [2.05, 4.69) is 10.3 Å². The highest BCUT2D eigenvalue weighted by Crippen LogP contribution is 2.18. The van der Waals surface area contributed by atoms with Gasteiger partial charge >= 0.3 is 0 Å². The minimum absolute atomic E-state index is 0.187. The maximum atomic E-state index is 13.8. The van der Waals surface area contributed by atoms with Crippen LogP contribution in [0.4, 0.5) is 14.6 Å². The standard InChI is InChI=1S/C13H19F2N3O/c1-19-6-5-18(9-11-3-2-4-16-11)13-12(15)7-10(14)8-17-13/h7-8,11,16H,2-6,9H2,1H3. The quantitative estimate of drug-likeness (QED) is 0.852. The van der Waals surface area contributed by atoms with Gasteiger partial charge in [0.05, 0.1) is 12.8 Å². The van der Waals surface area contributed by atoms with Gasteiger partial charge in [0.1, 0.15) is 5.82 Å². The molecule has 1 atom stereocenters. The number of pyridine rings is 1. The molecule has 2 rings (SSSR count). The van der Waals surface area contributed by atoms with E-state index in [9.17, 15) is 8.78 Å². The number of ether oxygens (including phenoxy) is 1. The average Bonchev–Trinajstić information content (AvgIpc) is 2.88. The third-order valence-electron chi connectivity index (χ3n) is 3.26. The van der Waals surface area contributed by atoms with E-state index in [-0.39, 0.29) is 5.82 Å². The molecule has 1 aromatic heterocycles. The second kappa shape index (κ2) is 6.77. The zero-order valence-corrected chi connectivity index (χ0v) is 11.0. The van der Waals surface area contributed by atoms with E-state index in [4.69, 9.17) is 4.74 Å². The summed E-state index contributed by atoms with van der Waals surface area (Å²) in [5.41, 5.74) is 0. The highest BCUT2D eigenvalue weighted by atomic mass is 19.1. The summed E-state index contributed by atoms with van der Waals surface area (Å²) in [5, 5.41) is 3.36. The molecule has 6 heteroatoms. The molecule has 2 heterocycles. The first kappa shape index (κ1) is 14.1. The molecule has 1 aromatic rings. The molecule has 0 aromatic carbocycles. The zero-order valence-electron chi connectivity index (χ0n) is 11.0. The Kier molecular flexibility index (Phi) is 5.04. The molecule has 0 saturated carbocycles. The molecule has 4 nitrogen and oxygen atoms in total. The fourth-order valence-corrected chi connectivity index (χ4v) is 2.30. The minimum atomic E-state index is -0.660. The number of hydrogen-bond acceptors (Lipinski definition) is 4. The first-order valence-corrected chi connectivity index (χ1v) is 6.49. The lowest BCUT2D eigenvalue weighted by molar-refractivity contribution is 0.204. The van der Waals surface area contributed by atoms with Crippen LogP contribution in [-0.4, -0.2) is 44.4 Å². The van der Waals surface area contributed by atoms with Crippen molar-refractivity contribution in [1.82, 2.24) is 10.3 Å². The van der Waals surface area contributed by atoms with Crippen molar-refractivity contribution in [2.24, 2.45) is 0 Å². The Morgan fingerprint density at radius 2 is 2.37 bits per heavy atom. The number of methoxy groups -OCH3 is 1. The van der Waals surface area contributed by atoms with Crippen LogP contribution in [0.25, 0.3) is 0 Å². The van der Waals surface area contributed by atoms with Crippen LogP contribution in [0.5, 0.6) is 0 Å². The molecule has 1 unspecified atom stereocenters. The molecule has 19 heavy (non-hydrogen) atoms. The normalized spacial score (nSPS) is 18.8. The monoisotopic (exact) mass is 271 g/mol. The van der Waals surface area contributed by atoms with Crippen LogP contribution >= 0.6 is 0 Å². The lowest BCUT2D eigenvalue weighted by atomic mass is 10.2. The molecule has 0 amide bonds. The average molecular weight is 271 g/mol. The van der Waals surface area contributed by atoms with Crippen LogP contribution in [0.1, 0.15) is 12.8 Å². The van der Waals surface area contributed by atoms with Gasteiger partial charge in [0.15, 0.2) is 11.6 Å². The summed E-state index contributed by atoms with van der Waals surface area (Å²) in [6, 6.07) is 1.19. The minimum Gasteiger partial charge on any atom is -0.383 e. The number of nitrogens with zero attached hydrogens (tertiary/aromatic N) is 2. The summed E-state index contributed by atoms with van der Waals surface area (Å²) >= 11 is 0. The molecule has 0 spiro atoms. The van der Waals surface area contributed by atoms with Crippen molar-refractivity contribution in [2.75, 3.05) is 38.3 Å². The van der Waals surface area contributed by atoms with Crippen LogP contribution in [0.15, 0.2) is 12.3 Å². The summed E-state index contributed by atoms with van der Waals surface area (Å²) in [6.45, 7) is 2.65. The Balaban J connectivity index is 2.10. The third kappa shape index (κ3) is 3.84. The van der Waals surface area contributed by atoms with Crippen molar-refractivity contribution in [3.63, 3.8) is 0 Å². The Bertz CT molecular complexity index is 411. The molecule has 0 aliphatic carbocycles. The maximum Gasteiger partial charge on any atom is 0.168 e. The van der Waals surface area contributed by atoms with Crippen LogP contribution in [0.3, 0.4) is 0 Å². The van der Waals surface area contributed by atoms with Crippen molar-refractivity contribution >= 4 is 5.82 Å². The number of hydrogen-bond donors (Lipinski definition) is 1. The SMILES string of the molecule is COCCN(CC1CCCN1)c1ncc(F)cc1F. The molecular formula is C13H19F2N3O. The third-order valence-corrected chi connectivity index (χ3v) is 3.26. The van der Waals surface area contributed by atoms with Gasteiger partial charge in [-0.25, -0.2) is 13.8 Å². The highest BCUT2D eigenvalue weighted by molar-refractivity contribution is 5.40. The smallest absolute Gasteiger partial charge is 0.168 e. The number of aromatic nitrogens is 1. The topological polar surface area (TPSA) is 37.4 Å². The molecule has 1 saturated heterocycles. The van der Waals surface area contributed by atoms with Crippen LogP contribution in [0.2, 0.25) is 0 Å². The van der Waals surface area contributed by atoms with Gasteiger partial charge in [-0.1, -0.05) is 0 Å². The second-order valence-corrected chi connectivity index (χ2v) is 4.69. The second-order valence-electron chi connectivity index (χ2n) is 4.69. The predicted octanol–water partition coefficient (Wildman–Crippen LogP) is 1.56. The van der Waals surface area contributed by atoms with Gasteiger partial charge in [-0.05, 0) is 19.4 Å². The van der Waals surface area contributed by atoms with E-state index in [0.717, 1.165) is 31.6 Å². The lowest BCUT2D eigenvalue weighted by Gasteiger charge is -2.26.